The first-order valence-corrected chi connectivity index (χ1v) is 9.06. The van der Waals surface area contributed by atoms with E-state index in [-0.39, 0.29) is 5.56 Å². The molecule has 76 valence electrons. The van der Waals surface area contributed by atoms with E-state index in [2.05, 4.69) is 63.4 Å². The fourth-order valence-electron chi connectivity index (χ4n) is 1.31. The second-order valence-corrected chi connectivity index (χ2v) is 8.23. The maximum Gasteiger partial charge on any atom is 0.0456 e. The van der Waals surface area contributed by atoms with Crippen molar-refractivity contribution in [3.63, 3.8) is 0 Å². The molecule has 1 atom stereocenters. The van der Waals surface area contributed by atoms with Crippen molar-refractivity contribution < 1.29 is 0 Å². The van der Waals surface area contributed by atoms with Gasteiger partial charge < -0.3 is 0 Å². The van der Waals surface area contributed by atoms with Gasteiger partial charge in [-0.1, -0.05) is 36.4 Å². The largest absolute Gasteiger partial charge is 0.261 e. The second kappa shape index (κ2) is 5.57. The van der Waals surface area contributed by atoms with Crippen LogP contribution in [0.3, 0.4) is 0 Å². The smallest absolute Gasteiger partial charge is 0.0456 e. The van der Waals surface area contributed by atoms with Crippen molar-refractivity contribution in [2.45, 2.75) is 6.16 Å². The summed E-state index contributed by atoms with van der Waals surface area (Å²) in [4.78, 5) is 4.36. The van der Waals surface area contributed by atoms with Gasteiger partial charge in [0.2, 0.25) is 0 Å². The average Bonchev–Trinajstić information content (AvgIpc) is 2.31. The van der Waals surface area contributed by atoms with Gasteiger partial charge >= 0.3 is 0 Å². The third-order valence-electron chi connectivity index (χ3n) is 2.06. The van der Waals surface area contributed by atoms with Crippen LogP contribution in [0.4, 0.5) is 0 Å². The Balaban J connectivity index is 2.08. The van der Waals surface area contributed by atoms with Gasteiger partial charge in [0, 0.05) is 18.1 Å². The molecule has 1 aromatic heterocycles. The van der Waals surface area contributed by atoms with E-state index >= 15 is 0 Å². The molecule has 0 amide bonds. The summed E-state index contributed by atoms with van der Waals surface area (Å²) in [6.45, 7) is 0. The van der Waals surface area contributed by atoms with E-state index in [1.807, 2.05) is 18.3 Å². The molecule has 3 heteroatoms. The Bertz CT molecular complexity index is 404. The third-order valence-corrected chi connectivity index (χ3v) is 6.22. The molecular formula is C12H11INP. The number of hydrogen-bond donors (Lipinski definition) is 0. The number of benzene rings is 1. The van der Waals surface area contributed by atoms with E-state index < -0.39 is 0 Å². The van der Waals surface area contributed by atoms with Gasteiger partial charge in [0.05, 0.1) is 0 Å². The minimum absolute atomic E-state index is 0.144. The molecule has 15 heavy (non-hydrogen) atoms. The number of pyridine rings is 1. The highest BCUT2D eigenvalue weighted by molar-refractivity contribution is 14.2. The van der Waals surface area contributed by atoms with E-state index in [0.29, 0.717) is 0 Å². The Morgan fingerprint density at radius 2 is 1.73 bits per heavy atom. The van der Waals surface area contributed by atoms with Gasteiger partial charge in [-0.2, -0.15) is 0 Å². The van der Waals surface area contributed by atoms with Crippen LogP contribution in [0.25, 0.3) is 0 Å². The van der Waals surface area contributed by atoms with E-state index in [0.717, 1.165) is 6.16 Å². The minimum atomic E-state index is -0.144. The van der Waals surface area contributed by atoms with E-state index in [1.54, 1.807) is 0 Å². The van der Waals surface area contributed by atoms with Crippen LogP contribution >= 0.6 is 27.6 Å². The molecule has 0 saturated heterocycles. The average molecular weight is 327 g/mol. The monoisotopic (exact) mass is 327 g/mol. The van der Waals surface area contributed by atoms with Crippen LogP contribution in [0.1, 0.15) is 5.69 Å². The molecule has 0 saturated carbocycles. The zero-order valence-corrected chi connectivity index (χ0v) is 11.2. The van der Waals surface area contributed by atoms with Crippen molar-refractivity contribution in [2.24, 2.45) is 0 Å². The molecule has 0 aliphatic rings. The molecule has 1 nitrogen and oxygen atoms in total. The molecule has 0 fully saturated rings. The van der Waals surface area contributed by atoms with Crippen LogP contribution in [-0.2, 0) is 6.16 Å². The molecular weight excluding hydrogens is 316 g/mol. The molecule has 2 aromatic rings. The van der Waals surface area contributed by atoms with E-state index in [1.165, 1.54) is 11.0 Å². The van der Waals surface area contributed by atoms with E-state index in [4.69, 9.17) is 0 Å². The standard InChI is InChI=1S/C12H11INP/c13-15(12-7-2-1-3-8-12)10-11-6-4-5-9-14-11/h1-9H,10H2. The maximum atomic E-state index is 4.36. The summed E-state index contributed by atoms with van der Waals surface area (Å²) in [5.41, 5.74) is 1.04. The molecule has 0 N–H and O–H groups in total. The van der Waals surface area contributed by atoms with Crippen molar-refractivity contribution in [1.82, 2.24) is 4.98 Å². The predicted octanol–water partition coefficient (Wildman–Crippen LogP) is 3.74. The first kappa shape index (κ1) is 11.0. The summed E-state index contributed by atoms with van der Waals surface area (Å²) in [5.74, 6) is 0. The molecule has 0 spiro atoms. The van der Waals surface area contributed by atoms with Crippen LogP contribution < -0.4 is 5.30 Å². The van der Waals surface area contributed by atoms with Crippen LogP contribution in [0.5, 0.6) is 0 Å². The number of rotatable bonds is 3. The highest BCUT2D eigenvalue weighted by Crippen LogP contribution is 2.46. The fraction of sp³-hybridized carbons (Fsp3) is 0.0833. The lowest BCUT2D eigenvalue weighted by Crippen LogP contribution is -1.97. The normalized spacial score (nSPS) is 12.3. The van der Waals surface area contributed by atoms with Crippen molar-refractivity contribution in [3.05, 3.63) is 60.4 Å². The quantitative estimate of drug-likeness (QED) is 0.618. The lowest BCUT2D eigenvalue weighted by molar-refractivity contribution is 1.17. The Morgan fingerprint density at radius 1 is 1.00 bits per heavy atom. The Kier molecular flexibility index (Phi) is 4.09. The predicted molar refractivity (Wildman–Crippen MR) is 75.0 cm³/mol. The molecule has 0 aliphatic heterocycles. The lowest BCUT2D eigenvalue weighted by atomic mass is 10.4. The van der Waals surface area contributed by atoms with Gasteiger partial charge in [-0.15, -0.1) is 0 Å². The summed E-state index contributed by atoms with van der Waals surface area (Å²) in [6.07, 6.45) is 2.92. The van der Waals surface area contributed by atoms with Crippen LogP contribution in [0.15, 0.2) is 54.7 Å². The molecule has 2 rings (SSSR count). The summed E-state index contributed by atoms with van der Waals surface area (Å²) in [6, 6.07) is 16.8. The number of nitrogens with zero attached hydrogens (tertiary/aromatic N) is 1. The zero-order chi connectivity index (χ0) is 10.5. The molecule has 1 aromatic carbocycles. The second-order valence-electron chi connectivity index (χ2n) is 3.18. The van der Waals surface area contributed by atoms with Gasteiger partial charge in [-0.05, 0) is 45.0 Å². The Morgan fingerprint density at radius 3 is 2.40 bits per heavy atom. The number of halogens is 1. The first-order valence-electron chi connectivity index (χ1n) is 4.74. The minimum Gasteiger partial charge on any atom is -0.261 e. The van der Waals surface area contributed by atoms with E-state index in [9.17, 15) is 0 Å². The zero-order valence-electron chi connectivity index (χ0n) is 8.18. The first-order chi connectivity index (χ1) is 7.36. The number of hydrogen-bond acceptors (Lipinski definition) is 1. The highest BCUT2D eigenvalue weighted by atomic mass is 127. The Labute approximate surface area is 104 Å². The molecule has 1 heterocycles. The van der Waals surface area contributed by atoms with Gasteiger partial charge in [-0.25, -0.2) is 0 Å². The summed E-state index contributed by atoms with van der Waals surface area (Å²) >= 11 is 2.54. The van der Waals surface area contributed by atoms with Gasteiger partial charge in [0.25, 0.3) is 0 Å². The van der Waals surface area contributed by atoms with Gasteiger partial charge in [-0.3, -0.25) is 4.98 Å². The van der Waals surface area contributed by atoms with Gasteiger partial charge in [0.1, 0.15) is 0 Å². The van der Waals surface area contributed by atoms with Crippen molar-refractivity contribution in [1.29, 1.82) is 0 Å². The maximum absolute atomic E-state index is 4.36. The van der Waals surface area contributed by atoms with Crippen molar-refractivity contribution in [2.75, 3.05) is 0 Å². The number of aromatic nitrogens is 1. The Hall–Kier alpha value is -0.470. The van der Waals surface area contributed by atoms with Crippen molar-refractivity contribution in [3.8, 4) is 0 Å². The summed E-state index contributed by atoms with van der Waals surface area (Å²) in [7, 11) is 0. The van der Waals surface area contributed by atoms with Crippen LogP contribution in [-0.4, -0.2) is 4.98 Å². The topological polar surface area (TPSA) is 12.9 Å². The molecule has 1 unspecified atom stereocenters. The molecule has 0 bridgehead atoms. The van der Waals surface area contributed by atoms with Crippen molar-refractivity contribution >= 4 is 32.9 Å². The fourth-order valence-corrected chi connectivity index (χ4v) is 4.48. The van der Waals surface area contributed by atoms with Gasteiger partial charge in [0.15, 0.2) is 0 Å². The third kappa shape index (κ3) is 3.25. The van der Waals surface area contributed by atoms with Crippen LogP contribution in [0, 0.1) is 0 Å². The summed E-state index contributed by atoms with van der Waals surface area (Å²) in [5, 5.41) is 1.43. The lowest BCUT2D eigenvalue weighted by Gasteiger charge is -2.09. The molecule has 0 radical (unpaired) electrons. The van der Waals surface area contributed by atoms with Crippen LogP contribution in [0.2, 0.25) is 0 Å². The SMILES string of the molecule is IP(Cc1ccccn1)c1ccccc1. The summed E-state index contributed by atoms with van der Waals surface area (Å²) < 4.78 is 0. The molecule has 0 aliphatic carbocycles. The highest BCUT2D eigenvalue weighted by Gasteiger charge is 2.07.